The maximum Gasteiger partial charge on any atom is 0.433 e. The molecule has 0 aliphatic rings. The van der Waals surface area contributed by atoms with Crippen LogP contribution in [0.1, 0.15) is 30.9 Å². The van der Waals surface area contributed by atoms with Crippen LogP contribution >= 0.6 is 11.6 Å². The SMILES string of the molecule is CC(C)(O)c1cc(-c2nc(Nc3ccnc(C(F)(F)F)c3)nc(-c3cccc(C(F)(F)F)n3)n2)c(Cl)cn1. The summed E-state index contributed by atoms with van der Waals surface area (Å²) in [6.45, 7) is 2.93. The summed E-state index contributed by atoms with van der Waals surface area (Å²) in [4.78, 5) is 23.4. The summed E-state index contributed by atoms with van der Waals surface area (Å²) in [5.41, 5.74) is -3.89. The van der Waals surface area contributed by atoms with Gasteiger partial charge in [-0.2, -0.15) is 36.3 Å². The van der Waals surface area contributed by atoms with Gasteiger partial charge in [0.15, 0.2) is 11.6 Å². The molecule has 198 valence electrons. The lowest BCUT2D eigenvalue weighted by atomic mass is 10.0. The van der Waals surface area contributed by atoms with Crippen LogP contribution in [0.25, 0.3) is 22.9 Å². The number of nitrogens with one attached hydrogen (secondary N) is 1. The number of aliphatic hydroxyl groups is 1. The van der Waals surface area contributed by atoms with Crippen molar-refractivity contribution in [2.45, 2.75) is 31.8 Å². The van der Waals surface area contributed by atoms with E-state index in [0.717, 1.165) is 18.3 Å². The van der Waals surface area contributed by atoms with Gasteiger partial charge >= 0.3 is 12.4 Å². The Labute approximate surface area is 215 Å². The van der Waals surface area contributed by atoms with Crippen molar-refractivity contribution in [1.29, 1.82) is 0 Å². The van der Waals surface area contributed by atoms with Crippen molar-refractivity contribution in [2.24, 2.45) is 0 Å². The van der Waals surface area contributed by atoms with Gasteiger partial charge in [-0.1, -0.05) is 17.7 Å². The standard InChI is InChI=1S/C23H16ClF6N7O/c1-21(2,38)16-9-12(13(24)10-32-16)18-35-19(14-4-3-5-15(34-14)22(25,26)27)37-20(36-18)33-11-6-7-31-17(8-11)23(28,29)30/h3-10,38H,1-2H3,(H,31,33,35,36,37). The molecule has 0 aromatic carbocycles. The van der Waals surface area contributed by atoms with Crippen LogP contribution in [-0.2, 0) is 18.0 Å². The number of aromatic nitrogens is 6. The summed E-state index contributed by atoms with van der Waals surface area (Å²) >= 11 is 6.29. The van der Waals surface area contributed by atoms with Crippen molar-refractivity contribution in [2.75, 3.05) is 5.32 Å². The van der Waals surface area contributed by atoms with Crippen molar-refractivity contribution in [1.82, 2.24) is 29.9 Å². The lowest BCUT2D eigenvalue weighted by Gasteiger charge is -2.18. The van der Waals surface area contributed by atoms with Crippen LogP contribution in [0.4, 0.5) is 38.0 Å². The molecule has 0 amide bonds. The van der Waals surface area contributed by atoms with Gasteiger partial charge in [0.25, 0.3) is 0 Å². The first-order valence-corrected chi connectivity index (χ1v) is 11.0. The van der Waals surface area contributed by atoms with Crippen LogP contribution in [0.2, 0.25) is 5.02 Å². The van der Waals surface area contributed by atoms with Gasteiger partial charge in [0, 0.05) is 23.6 Å². The topological polar surface area (TPSA) is 110 Å². The highest BCUT2D eigenvalue weighted by atomic mass is 35.5. The minimum Gasteiger partial charge on any atom is -0.384 e. The smallest absolute Gasteiger partial charge is 0.384 e. The Morgan fingerprint density at radius 2 is 1.47 bits per heavy atom. The molecule has 4 aromatic rings. The molecule has 2 N–H and O–H groups in total. The lowest BCUT2D eigenvalue weighted by molar-refractivity contribution is -0.141. The van der Waals surface area contributed by atoms with E-state index in [1.165, 1.54) is 38.2 Å². The monoisotopic (exact) mass is 555 g/mol. The fourth-order valence-electron chi connectivity index (χ4n) is 3.12. The van der Waals surface area contributed by atoms with Gasteiger partial charge in [-0.05, 0) is 44.2 Å². The molecule has 0 aliphatic carbocycles. The third kappa shape index (κ3) is 6.14. The Balaban J connectivity index is 1.88. The number of hydrogen-bond acceptors (Lipinski definition) is 8. The molecule has 4 aromatic heterocycles. The lowest BCUT2D eigenvalue weighted by Crippen LogP contribution is -2.17. The van der Waals surface area contributed by atoms with E-state index >= 15 is 0 Å². The van der Waals surface area contributed by atoms with E-state index in [4.69, 9.17) is 11.6 Å². The third-order valence-corrected chi connectivity index (χ3v) is 5.23. The fraction of sp³-hybridized carbons (Fsp3) is 0.217. The Hall–Kier alpha value is -3.91. The predicted octanol–water partition coefficient (Wildman–Crippen LogP) is 6.05. The highest BCUT2D eigenvalue weighted by molar-refractivity contribution is 6.33. The van der Waals surface area contributed by atoms with Crippen LogP contribution in [0, 0.1) is 0 Å². The molecule has 4 heterocycles. The minimum atomic E-state index is -4.76. The molecule has 0 saturated heterocycles. The van der Waals surface area contributed by atoms with E-state index in [9.17, 15) is 31.4 Å². The molecule has 0 spiro atoms. The maximum absolute atomic E-state index is 13.3. The van der Waals surface area contributed by atoms with Crippen molar-refractivity contribution < 1.29 is 31.4 Å². The number of alkyl halides is 6. The first kappa shape index (κ1) is 27.1. The van der Waals surface area contributed by atoms with Gasteiger partial charge in [0.1, 0.15) is 22.7 Å². The molecule has 8 nitrogen and oxygen atoms in total. The van der Waals surface area contributed by atoms with Crippen molar-refractivity contribution >= 4 is 23.2 Å². The number of anilines is 2. The molecule has 0 unspecified atom stereocenters. The van der Waals surface area contributed by atoms with Gasteiger partial charge in [-0.15, -0.1) is 0 Å². The maximum atomic E-state index is 13.3. The van der Waals surface area contributed by atoms with E-state index in [-0.39, 0.29) is 45.3 Å². The zero-order valence-electron chi connectivity index (χ0n) is 19.4. The normalized spacial score (nSPS) is 12.5. The Morgan fingerprint density at radius 1 is 0.789 bits per heavy atom. The van der Waals surface area contributed by atoms with Crippen molar-refractivity contribution in [3.8, 4) is 22.9 Å². The Kier molecular flexibility index (Phi) is 6.97. The number of halogens is 7. The molecule has 0 radical (unpaired) electrons. The largest absolute Gasteiger partial charge is 0.433 e. The average molecular weight is 556 g/mol. The summed E-state index contributed by atoms with van der Waals surface area (Å²) in [6.07, 6.45) is -7.35. The van der Waals surface area contributed by atoms with Crippen LogP contribution in [0.15, 0.2) is 48.8 Å². The molecule has 0 bridgehead atoms. The first-order valence-electron chi connectivity index (χ1n) is 10.6. The second kappa shape index (κ2) is 9.76. The molecule has 4 rings (SSSR count). The second-order valence-electron chi connectivity index (χ2n) is 8.37. The van der Waals surface area contributed by atoms with Gasteiger partial charge in [-0.3, -0.25) is 9.97 Å². The zero-order valence-corrected chi connectivity index (χ0v) is 20.2. The Morgan fingerprint density at radius 3 is 2.13 bits per heavy atom. The molecule has 15 heteroatoms. The van der Waals surface area contributed by atoms with Crippen molar-refractivity contribution in [3.63, 3.8) is 0 Å². The van der Waals surface area contributed by atoms with E-state index in [1.807, 2.05) is 0 Å². The molecule has 0 saturated carbocycles. The highest BCUT2D eigenvalue weighted by Gasteiger charge is 2.33. The summed E-state index contributed by atoms with van der Waals surface area (Å²) < 4.78 is 79.1. The molecule has 0 fully saturated rings. The first-order chi connectivity index (χ1) is 17.6. The number of pyridine rings is 3. The summed E-state index contributed by atoms with van der Waals surface area (Å²) in [5.74, 6) is -0.813. The molecule has 0 aliphatic heterocycles. The van der Waals surface area contributed by atoms with Gasteiger partial charge in [0.2, 0.25) is 5.95 Å². The molecule has 38 heavy (non-hydrogen) atoms. The summed E-state index contributed by atoms with van der Waals surface area (Å²) in [7, 11) is 0. The predicted molar refractivity (Wildman–Crippen MR) is 124 cm³/mol. The van der Waals surface area contributed by atoms with Crippen LogP contribution in [0.3, 0.4) is 0 Å². The molecular formula is C23H16ClF6N7O. The number of nitrogens with zero attached hydrogens (tertiary/aromatic N) is 6. The number of hydrogen-bond donors (Lipinski definition) is 2. The number of rotatable bonds is 5. The fourth-order valence-corrected chi connectivity index (χ4v) is 3.31. The van der Waals surface area contributed by atoms with Crippen LogP contribution in [0.5, 0.6) is 0 Å². The highest BCUT2D eigenvalue weighted by Crippen LogP contribution is 2.33. The Bertz CT molecular complexity index is 1490. The third-order valence-electron chi connectivity index (χ3n) is 4.93. The minimum absolute atomic E-state index is 0.0290. The van der Waals surface area contributed by atoms with Crippen LogP contribution in [-0.4, -0.2) is 35.0 Å². The van der Waals surface area contributed by atoms with E-state index in [1.54, 1.807) is 0 Å². The summed E-state index contributed by atoms with van der Waals surface area (Å²) in [5, 5.41) is 13.0. The van der Waals surface area contributed by atoms with Gasteiger partial charge in [0.05, 0.1) is 10.7 Å². The molecule has 0 atom stereocenters. The summed E-state index contributed by atoms with van der Waals surface area (Å²) in [6, 6.07) is 6.38. The van der Waals surface area contributed by atoms with Gasteiger partial charge < -0.3 is 10.4 Å². The van der Waals surface area contributed by atoms with Crippen LogP contribution < -0.4 is 5.32 Å². The van der Waals surface area contributed by atoms with E-state index < -0.39 is 29.3 Å². The van der Waals surface area contributed by atoms with E-state index in [0.29, 0.717) is 6.07 Å². The average Bonchev–Trinajstić information content (AvgIpc) is 2.82. The zero-order chi connectivity index (χ0) is 27.9. The van der Waals surface area contributed by atoms with E-state index in [2.05, 4.69) is 35.2 Å². The van der Waals surface area contributed by atoms with Gasteiger partial charge in [-0.25, -0.2) is 9.97 Å². The molecular weight excluding hydrogens is 540 g/mol. The quantitative estimate of drug-likeness (QED) is 0.286. The van der Waals surface area contributed by atoms with Crippen molar-refractivity contribution in [3.05, 3.63) is 70.9 Å². The second-order valence-corrected chi connectivity index (χ2v) is 8.78.